The zero-order valence-corrected chi connectivity index (χ0v) is 45.6. The molecule has 0 bridgehead atoms. The van der Waals surface area contributed by atoms with Crippen LogP contribution in [-0.2, 0) is 55.3 Å². The summed E-state index contributed by atoms with van der Waals surface area (Å²) in [6, 6.07) is 32.9. The number of ether oxygens (including phenoxy) is 1. The summed E-state index contributed by atoms with van der Waals surface area (Å²) >= 11 is 0. The van der Waals surface area contributed by atoms with Crippen molar-refractivity contribution in [1.29, 1.82) is 0 Å². The maximum atomic E-state index is 6.13. The molecule has 0 saturated heterocycles. The van der Waals surface area contributed by atoms with Crippen molar-refractivity contribution in [2.24, 2.45) is 0 Å². The van der Waals surface area contributed by atoms with Crippen LogP contribution in [0.2, 0.25) is 13.1 Å². The summed E-state index contributed by atoms with van der Waals surface area (Å²) in [6.45, 7) is 38.2. The van der Waals surface area contributed by atoms with Gasteiger partial charge in [-0.2, -0.15) is 12.1 Å². The molecule has 1 nitrogen and oxygen atoms in total. The average Bonchev–Trinajstić information content (AvgIpc) is 3.88. The van der Waals surface area contributed by atoms with Gasteiger partial charge in [0.1, 0.15) is 5.75 Å². The Morgan fingerprint density at radius 2 is 0.921 bits per heavy atom. The molecule has 0 fully saturated rings. The molecule has 1 aliphatic carbocycles. The third-order valence-corrected chi connectivity index (χ3v) is 12.5. The van der Waals surface area contributed by atoms with Crippen LogP contribution in [0.1, 0.15) is 130 Å². The van der Waals surface area contributed by atoms with Gasteiger partial charge in [-0.3, -0.25) is 0 Å². The molecular formula is C60H74OSiZr. The minimum atomic E-state index is -0.00600. The smallest absolute Gasteiger partial charge is 0.498 e. The largest absolute Gasteiger partial charge is 2.00 e. The van der Waals surface area contributed by atoms with Crippen molar-refractivity contribution in [3.63, 3.8) is 0 Å². The van der Waals surface area contributed by atoms with Gasteiger partial charge < -0.3 is 4.74 Å². The van der Waals surface area contributed by atoms with E-state index >= 15 is 0 Å². The Balaban J connectivity index is 0.000000220. The third kappa shape index (κ3) is 10.9. The normalized spacial score (nSPS) is 12.7. The molecule has 0 atom stereocenters. The maximum absolute atomic E-state index is 6.13. The van der Waals surface area contributed by atoms with E-state index in [0.29, 0.717) is 0 Å². The summed E-state index contributed by atoms with van der Waals surface area (Å²) < 4.78 is 6.13. The molecule has 328 valence electrons. The van der Waals surface area contributed by atoms with E-state index in [-0.39, 0.29) is 42.4 Å². The van der Waals surface area contributed by atoms with Gasteiger partial charge in [-0.15, -0.1) is 50.9 Å². The standard InChI is InChI=1S/C29H39O.C29H29.C2H6Si.Zr/c1-18-12-19-16-24(29(8,9)10)26(30-11)25(23(19)13-18)20-14-21(27(2,3)4)17-22(15-20)28(5,6)7;1-17-9-18(2)12-22(11-17)28-24-7-6-8-25(24)29(27-16-21(5)15-26(27)28)23-13-19(3)10-20(4)14-23;1-3-2;/h12-17H,1-11H3;9-16H,6-8H2,1-5H3;1-2H3;/q2*-1;;+2. The number of hydrogen-bond acceptors (Lipinski definition) is 1. The molecule has 0 unspecified atom stereocenters. The molecule has 0 saturated carbocycles. The summed E-state index contributed by atoms with van der Waals surface area (Å²) in [7, 11) is 2.90. The first-order valence-electron chi connectivity index (χ1n) is 22.9. The van der Waals surface area contributed by atoms with Gasteiger partial charge >= 0.3 is 26.2 Å². The van der Waals surface area contributed by atoms with Gasteiger partial charge in [-0.1, -0.05) is 194 Å². The Kier molecular flexibility index (Phi) is 15.4. The third-order valence-electron chi connectivity index (χ3n) is 12.5. The molecule has 0 heterocycles. The molecule has 0 aromatic heterocycles. The molecule has 0 amide bonds. The van der Waals surface area contributed by atoms with Crippen molar-refractivity contribution in [2.75, 3.05) is 7.11 Å². The Morgan fingerprint density at radius 1 is 0.492 bits per heavy atom. The minimum absolute atomic E-state index is 0. The van der Waals surface area contributed by atoms with E-state index in [1.807, 2.05) is 7.11 Å². The fraction of sp³-hybridized carbons (Fsp3) is 0.400. The SMILES string of the molecule is COc1c(C(C)(C)C)cc2[cH-]c(C)cc2c1-c1cc(C(C)(C)C)cc(C(C)(C)C)c1.C[Si]C.Cc1cc(C)cc(-c2c3c(c(-c4cc(C)cc(C)c4)c4[cH-]c(C)cc24)CCC3)c1.[Zr+2]. The first-order valence-corrected chi connectivity index (χ1v) is 24.9. The molecule has 8 rings (SSSR count). The molecule has 1 aliphatic rings. The van der Waals surface area contributed by atoms with Crippen LogP contribution in [0.25, 0.3) is 54.9 Å². The topological polar surface area (TPSA) is 9.23 Å². The second kappa shape index (κ2) is 19.4. The van der Waals surface area contributed by atoms with Crippen LogP contribution in [0.15, 0.2) is 84.9 Å². The van der Waals surface area contributed by atoms with Crippen LogP contribution in [0.5, 0.6) is 5.75 Å². The van der Waals surface area contributed by atoms with Crippen molar-refractivity contribution in [3.8, 4) is 39.1 Å². The molecule has 3 heteroatoms. The zero-order chi connectivity index (χ0) is 45.6. The van der Waals surface area contributed by atoms with Crippen LogP contribution in [0, 0.1) is 41.5 Å². The van der Waals surface area contributed by atoms with E-state index in [0.717, 1.165) is 15.3 Å². The fourth-order valence-corrected chi connectivity index (χ4v) is 9.77. The van der Waals surface area contributed by atoms with E-state index in [1.54, 1.807) is 11.1 Å². The van der Waals surface area contributed by atoms with Gasteiger partial charge in [-0.05, 0) is 96.6 Å². The van der Waals surface area contributed by atoms with Gasteiger partial charge in [0.2, 0.25) is 0 Å². The van der Waals surface area contributed by atoms with E-state index in [9.17, 15) is 0 Å². The Labute approximate surface area is 404 Å². The number of hydrogen-bond donors (Lipinski definition) is 0. The first kappa shape index (κ1) is 50.2. The van der Waals surface area contributed by atoms with Crippen LogP contribution in [-0.4, -0.2) is 16.6 Å². The number of benzene rings is 5. The minimum Gasteiger partial charge on any atom is -0.498 e. The monoisotopic (exact) mass is 928 g/mol. The Morgan fingerprint density at radius 3 is 1.38 bits per heavy atom. The number of aryl methyl sites for hydroxylation is 6. The summed E-state index contributed by atoms with van der Waals surface area (Å²) in [5.41, 5.74) is 23.6. The predicted octanol–water partition coefficient (Wildman–Crippen LogP) is 17.1. The number of rotatable bonds is 4. The Hall–Kier alpha value is -3.78. The summed E-state index contributed by atoms with van der Waals surface area (Å²) in [6.07, 6.45) is 3.64. The molecule has 7 aromatic carbocycles. The zero-order valence-electron chi connectivity index (χ0n) is 42.1. The second-order valence-corrected chi connectivity index (χ2v) is 22.6. The van der Waals surface area contributed by atoms with Crippen molar-refractivity contribution in [2.45, 2.75) is 152 Å². The Bertz CT molecular complexity index is 2580. The number of methoxy groups -OCH3 is 1. The van der Waals surface area contributed by atoms with Crippen LogP contribution < -0.4 is 4.74 Å². The van der Waals surface area contributed by atoms with Gasteiger partial charge in [0.15, 0.2) is 0 Å². The molecule has 7 aromatic rings. The maximum Gasteiger partial charge on any atom is 2.00 e. The van der Waals surface area contributed by atoms with E-state index < -0.39 is 0 Å². The quantitative estimate of drug-likeness (QED) is 0.126. The van der Waals surface area contributed by atoms with E-state index in [2.05, 4.69) is 202 Å². The van der Waals surface area contributed by atoms with Crippen molar-refractivity contribution >= 4 is 31.1 Å². The van der Waals surface area contributed by atoms with Crippen LogP contribution in [0.3, 0.4) is 0 Å². The summed E-state index contributed by atoms with van der Waals surface area (Å²) in [4.78, 5) is 0. The van der Waals surface area contributed by atoms with Crippen molar-refractivity contribution < 1.29 is 30.9 Å². The average molecular weight is 931 g/mol. The molecule has 0 spiro atoms. The first-order chi connectivity index (χ1) is 28.9. The predicted molar refractivity (Wildman–Crippen MR) is 276 cm³/mol. The van der Waals surface area contributed by atoms with E-state index in [4.69, 9.17) is 4.74 Å². The van der Waals surface area contributed by atoms with Crippen molar-refractivity contribution in [1.82, 2.24) is 0 Å². The van der Waals surface area contributed by atoms with Crippen LogP contribution >= 0.6 is 0 Å². The fourth-order valence-electron chi connectivity index (χ4n) is 9.77. The van der Waals surface area contributed by atoms with Gasteiger partial charge in [0.05, 0.1) is 7.11 Å². The molecule has 63 heavy (non-hydrogen) atoms. The van der Waals surface area contributed by atoms with Gasteiger partial charge in [-0.25, -0.2) is 0 Å². The van der Waals surface area contributed by atoms with E-state index in [1.165, 1.54) is 124 Å². The van der Waals surface area contributed by atoms with Crippen LogP contribution in [0.4, 0.5) is 0 Å². The summed E-state index contributed by atoms with van der Waals surface area (Å²) in [5.74, 6) is 1.01. The molecule has 0 N–H and O–H groups in total. The molecule has 0 aliphatic heterocycles. The molecule has 2 radical (unpaired) electrons. The second-order valence-electron chi connectivity index (χ2n) is 21.6. The van der Waals surface area contributed by atoms with Crippen molar-refractivity contribution in [3.05, 3.63) is 146 Å². The number of fused-ring (bicyclic) bond motifs is 3. The summed E-state index contributed by atoms with van der Waals surface area (Å²) in [5, 5.41) is 5.44. The molecular weight excluding hydrogens is 856 g/mol. The van der Waals surface area contributed by atoms with Gasteiger partial charge in [0, 0.05) is 9.52 Å². The van der Waals surface area contributed by atoms with Gasteiger partial charge in [0.25, 0.3) is 0 Å².